The molecule has 35 heavy (non-hydrogen) atoms. The molecule has 0 aliphatic heterocycles. The van der Waals surface area contributed by atoms with Gasteiger partial charge < -0.3 is 4.42 Å². The Balaban J connectivity index is 1.39. The Morgan fingerprint density at radius 1 is 0.543 bits per heavy atom. The molecule has 0 spiro atoms. The van der Waals surface area contributed by atoms with Gasteiger partial charge in [0, 0.05) is 10.8 Å². The van der Waals surface area contributed by atoms with Gasteiger partial charge in [0.2, 0.25) is 0 Å². The molecule has 0 fully saturated rings. The van der Waals surface area contributed by atoms with Gasteiger partial charge in [-0.15, -0.1) is 0 Å². The molecule has 1 aliphatic rings. The molecule has 0 unspecified atom stereocenters. The van der Waals surface area contributed by atoms with E-state index in [0.717, 1.165) is 17.6 Å². The minimum absolute atomic E-state index is 0.447. The van der Waals surface area contributed by atoms with Crippen molar-refractivity contribution in [3.05, 3.63) is 120 Å². The van der Waals surface area contributed by atoms with Crippen molar-refractivity contribution >= 4 is 21.9 Å². The van der Waals surface area contributed by atoms with Gasteiger partial charge in [0.25, 0.3) is 0 Å². The maximum Gasteiger partial charge on any atom is 0.135 e. The lowest BCUT2D eigenvalue weighted by atomic mass is 9.90. The van der Waals surface area contributed by atoms with Crippen LogP contribution in [0.4, 0.5) is 0 Å². The summed E-state index contributed by atoms with van der Waals surface area (Å²) in [4.78, 5) is 0. The Hall–Kier alpha value is -4.10. The molecule has 1 nitrogen and oxygen atoms in total. The van der Waals surface area contributed by atoms with Crippen LogP contribution in [0.2, 0.25) is 0 Å². The van der Waals surface area contributed by atoms with E-state index in [1.54, 1.807) is 0 Å². The molecular formula is C34H26O. The molecule has 0 saturated heterocycles. The quantitative estimate of drug-likeness (QED) is 0.261. The van der Waals surface area contributed by atoms with Crippen LogP contribution < -0.4 is 0 Å². The fourth-order valence-corrected chi connectivity index (χ4v) is 5.53. The molecule has 168 valence electrons. The predicted molar refractivity (Wildman–Crippen MR) is 147 cm³/mol. The summed E-state index contributed by atoms with van der Waals surface area (Å²) in [5, 5.41) is 2.34. The Morgan fingerprint density at radius 2 is 1.23 bits per heavy atom. The first-order valence-electron chi connectivity index (χ1n) is 12.4. The SMILES string of the molecule is CC(C)c1cc(-c2ccc3c(c2)-c2ccccc2C3)cc(-c2ccc3oc4ccccc4c3c2)c1. The van der Waals surface area contributed by atoms with Crippen molar-refractivity contribution < 1.29 is 4.42 Å². The van der Waals surface area contributed by atoms with Crippen LogP contribution in [0.1, 0.15) is 36.5 Å². The molecule has 0 atom stereocenters. The molecule has 5 aromatic carbocycles. The highest BCUT2D eigenvalue weighted by Crippen LogP contribution is 2.40. The van der Waals surface area contributed by atoms with Crippen molar-refractivity contribution in [2.45, 2.75) is 26.2 Å². The molecule has 1 aliphatic carbocycles. The summed E-state index contributed by atoms with van der Waals surface area (Å²) in [6, 6.07) is 37.7. The van der Waals surface area contributed by atoms with E-state index in [1.165, 1.54) is 60.8 Å². The molecule has 1 aromatic heterocycles. The van der Waals surface area contributed by atoms with Gasteiger partial charge in [0.15, 0.2) is 0 Å². The first kappa shape index (κ1) is 20.3. The zero-order valence-corrected chi connectivity index (χ0v) is 20.0. The van der Waals surface area contributed by atoms with Gasteiger partial charge in [-0.25, -0.2) is 0 Å². The number of para-hydroxylation sites is 1. The molecule has 1 heterocycles. The second-order valence-electron chi connectivity index (χ2n) is 10.0. The molecule has 0 radical (unpaired) electrons. The molecule has 0 amide bonds. The van der Waals surface area contributed by atoms with Crippen molar-refractivity contribution in [3.63, 3.8) is 0 Å². The lowest BCUT2D eigenvalue weighted by molar-refractivity contribution is 0.669. The monoisotopic (exact) mass is 450 g/mol. The van der Waals surface area contributed by atoms with Crippen LogP contribution in [0.25, 0.3) is 55.3 Å². The Kier molecular flexibility index (Phi) is 4.47. The molecule has 7 rings (SSSR count). The summed E-state index contributed by atoms with van der Waals surface area (Å²) >= 11 is 0. The second kappa shape index (κ2) is 7.71. The molecule has 0 N–H and O–H groups in total. The van der Waals surface area contributed by atoms with Crippen molar-refractivity contribution in [2.24, 2.45) is 0 Å². The summed E-state index contributed by atoms with van der Waals surface area (Å²) < 4.78 is 6.07. The number of rotatable bonds is 3. The number of hydrogen-bond donors (Lipinski definition) is 0. The van der Waals surface area contributed by atoms with Gasteiger partial charge in [-0.3, -0.25) is 0 Å². The van der Waals surface area contributed by atoms with Crippen LogP contribution in [-0.4, -0.2) is 0 Å². The second-order valence-corrected chi connectivity index (χ2v) is 10.0. The van der Waals surface area contributed by atoms with Gasteiger partial charge in [0.1, 0.15) is 11.2 Å². The lowest BCUT2D eigenvalue weighted by Gasteiger charge is -2.14. The van der Waals surface area contributed by atoms with Crippen molar-refractivity contribution in [2.75, 3.05) is 0 Å². The molecule has 0 saturated carbocycles. The third-order valence-corrected chi connectivity index (χ3v) is 7.46. The fourth-order valence-electron chi connectivity index (χ4n) is 5.53. The van der Waals surface area contributed by atoms with E-state index in [0.29, 0.717) is 5.92 Å². The van der Waals surface area contributed by atoms with Crippen LogP contribution in [0.3, 0.4) is 0 Å². The fraction of sp³-hybridized carbons (Fsp3) is 0.118. The topological polar surface area (TPSA) is 13.1 Å². The van der Waals surface area contributed by atoms with Crippen LogP contribution in [0, 0.1) is 0 Å². The maximum absolute atomic E-state index is 6.07. The van der Waals surface area contributed by atoms with E-state index in [-0.39, 0.29) is 0 Å². The zero-order valence-electron chi connectivity index (χ0n) is 20.0. The number of fused-ring (bicyclic) bond motifs is 6. The van der Waals surface area contributed by atoms with Crippen molar-refractivity contribution in [1.82, 2.24) is 0 Å². The third-order valence-electron chi connectivity index (χ3n) is 7.46. The Morgan fingerprint density at radius 3 is 2.09 bits per heavy atom. The summed E-state index contributed by atoms with van der Waals surface area (Å²) in [6.07, 6.45) is 1.03. The highest BCUT2D eigenvalue weighted by molar-refractivity contribution is 6.06. The van der Waals surface area contributed by atoms with Crippen LogP contribution in [0.5, 0.6) is 0 Å². The third kappa shape index (κ3) is 3.31. The average Bonchev–Trinajstić information content (AvgIpc) is 3.45. The summed E-state index contributed by atoms with van der Waals surface area (Å²) in [5.74, 6) is 0.447. The van der Waals surface area contributed by atoms with E-state index in [4.69, 9.17) is 4.42 Å². The molecule has 6 aromatic rings. The maximum atomic E-state index is 6.07. The van der Waals surface area contributed by atoms with Crippen molar-refractivity contribution in [1.29, 1.82) is 0 Å². The first-order valence-corrected chi connectivity index (χ1v) is 12.4. The largest absolute Gasteiger partial charge is 0.456 e. The number of furan rings is 1. The van der Waals surface area contributed by atoms with Gasteiger partial charge in [-0.1, -0.05) is 86.6 Å². The van der Waals surface area contributed by atoms with Gasteiger partial charge in [-0.2, -0.15) is 0 Å². The van der Waals surface area contributed by atoms with E-state index >= 15 is 0 Å². The normalized spacial score (nSPS) is 12.4. The van der Waals surface area contributed by atoms with E-state index in [2.05, 4.69) is 105 Å². The summed E-state index contributed by atoms with van der Waals surface area (Å²) in [5.41, 5.74) is 13.9. The van der Waals surface area contributed by atoms with E-state index in [9.17, 15) is 0 Å². The standard InChI is InChI=1S/C34H26O/c1-21(2)26-16-27(22-11-12-25-15-24-7-3-4-8-29(24)31(25)19-22)18-28(17-26)23-13-14-34-32(20-23)30-9-5-6-10-33(30)35-34/h3-14,16-21H,15H2,1-2H3. The predicted octanol–water partition coefficient (Wildman–Crippen LogP) is 9.61. The molecular weight excluding hydrogens is 424 g/mol. The highest BCUT2D eigenvalue weighted by Gasteiger charge is 2.19. The first-order chi connectivity index (χ1) is 17.1. The van der Waals surface area contributed by atoms with Gasteiger partial charge in [-0.05, 0) is 92.7 Å². The number of hydrogen-bond acceptors (Lipinski definition) is 1. The summed E-state index contributed by atoms with van der Waals surface area (Å²) in [6.45, 7) is 4.54. The van der Waals surface area contributed by atoms with E-state index in [1.807, 2.05) is 12.1 Å². The molecule has 1 heteroatoms. The van der Waals surface area contributed by atoms with Crippen LogP contribution in [0.15, 0.2) is 108 Å². The van der Waals surface area contributed by atoms with Gasteiger partial charge in [0.05, 0.1) is 0 Å². The minimum atomic E-state index is 0.447. The summed E-state index contributed by atoms with van der Waals surface area (Å²) in [7, 11) is 0. The van der Waals surface area contributed by atoms with Crippen LogP contribution >= 0.6 is 0 Å². The van der Waals surface area contributed by atoms with Crippen molar-refractivity contribution in [3.8, 4) is 33.4 Å². The zero-order chi connectivity index (χ0) is 23.5. The minimum Gasteiger partial charge on any atom is -0.456 e. The Bertz CT molecular complexity index is 1750. The smallest absolute Gasteiger partial charge is 0.135 e. The van der Waals surface area contributed by atoms with Crippen LogP contribution in [-0.2, 0) is 6.42 Å². The average molecular weight is 451 g/mol. The Labute approximate surface area is 205 Å². The van der Waals surface area contributed by atoms with E-state index < -0.39 is 0 Å². The lowest BCUT2D eigenvalue weighted by Crippen LogP contribution is -1.92. The van der Waals surface area contributed by atoms with Gasteiger partial charge >= 0.3 is 0 Å². The molecule has 0 bridgehead atoms. The number of benzene rings is 5. The highest BCUT2D eigenvalue weighted by atomic mass is 16.3.